The Bertz CT molecular complexity index is 1430. The third-order valence-electron chi connectivity index (χ3n) is 7.45. The lowest BCUT2D eigenvalue weighted by molar-refractivity contribution is -0.122. The van der Waals surface area contributed by atoms with Gasteiger partial charge in [-0.25, -0.2) is 4.79 Å². The van der Waals surface area contributed by atoms with Crippen LogP contribution in [0.1, 0.15) is 58.4 Å². The predicted molar refractivity (Wildman–Crippen MR) is 144 cm³/mol. The largest absolute Gasteiger partial charge is 0.452 e. The smallest absolute Gasteiger partial charge is 0.338 e. The number of Topliss-reactive ketones (excluding diaryl/α,β-unsaturated/α-hetero) is 1. The summed E-state index contributed by atoms with van der Waals surface area (Å²) in [6, 6.07) is 22.6. The fourth-order valence-corrected chi connectivity index (χ4v) is 5.43. The predicted octanol–water partition coefficient (Wildman–Crippen LogP) is 4.76. The first kappa shape index (κ1) is 26.0. The van der Waals surface area contributed by atoms with Crippen molar-refractivity contribution in [2.75, 3.05) is 16.8 Å². The van der Waals surface area contributed by atoms with Gasteiger partial charge in [-0.05, 0) is 80.1 Å². The molecule has 0 unspecified atom stereocenters. The molecular formula is C31H28N2O6. The topological polar surface area (TPSA) is 110 Å². The fraction of sp³-hybridized carbons (Fsp3) is 0.258. The van der Waals surface area contributed by atoms with E-state index in [1.54, 1.807) is 36.4 Å². The number of esters is 1. The van der Waals surface area contributed by atoms with Crippen LogP contribution in [-0.4, -0.2) is 36.1 Å². The van der Waals surface area contributed by atoms with Crippen molar-refractivity contribution < 1.29 is 28.7 Å². The number of fused-ring (bicyclic) bond motifs is 1. The normalized spacial score (nSPS) is 20.3. The van der Waals surface area contributed by atoms with Gasteiger partial charge in [-0.15, -0.1) is 0 Å². The van der Waals surface area contributed by atoms with Gasteiger partial charge in [0.15, 0.2) is 12.4 Å². The molecule has 1 saturated heterocycles. The Hall–Kier alpha value is -4.59. The lowest BCUT2D eigenvalue weighted by Gasteiger charge is -2.28. The molecule has 198 valence electrons. The van der Waals surface area contributed by atoms with Crippen molar-refractivity contribution in [3.8, 4) is 0 Å². The van der Waals surface area contributed by atoms with Crippen molar-refractivity contribution in [1.29, 1.82) is 0 Å². The highest BCUT2D eigenvalue weighted by Gasteiger charge is 2.50. The molecule has 2 fully saturated rings. The van der Waals surface area contributed by atoms with E-state index < -0.39 is 18.5 Å². The van der Waals surface area contributed by atoms with Crippen LogP contribution in [0.5, 0.6) is 0 Å². The Morgan fingerprint density at radius 1 is 0.846 bits per heavy atom. The number of rotatable bonds is 7. The summed E-state index contributed by atoms with van der Waals surface area (Å²) >= 11 is 0. The number of hydrogen-bond acceptors (Lipinski definition) is 6. The van der Waals surface area contributed by atoms with Gasteiger partial charge in [-0.2, -0.15) is 0 Å². The van der Waals surface area contributed by atoms with Crippen LogP contribution in [0.15, 0.2) is 78.9 Å². The van der Waals surface area contributed by atoms with E-state index in [1.165, 1.54) is 29.5 Å². The molecule has 1 aliphatic carbocycles. The van der Waals surface area contributed by atoms with Crippen LogP contribution in [0.25, 0.3) is 0 Å². The number of nitrogens with one attached hydrogen (secondary N) is 1. The number of benzene rings is 3. The van der Waals surface area contributed by atoms with Crippen LogP contribution in [-0.2, 0) is 19.1 Å². The van der Waals surface area contributed by atoms with Crippen LogP contribution in [0, 0.1) is 11.8 Å². The molecule has 8 nitrogen and oxygen atoms in total. The lowest BCUT2D eigenvalue weighted by Crippen LogP contribution is -2.31. The number of anilines is 2. The molecular weight excluding hydrogens is 496 g/mol. The van der Waals surface area contributed by atoms with E-state index >= 15 is 0 Å². The zero-order chi connectivity index (χ0) is 27.5. The van der Waals surface area contributed by atoms with E-state index in [9.17, 15) is 24.0 Å². The molecule has 1 heterocycles. The van der Waals surface area contributed by atoms with Crippen LogP contribution in [0.2, 0.25) is 0 Å². The van der Waals surface area contributed by atoms with Gasteiger partial charge in [-0.3, -0.25) is 24.1 Å². The minimum atomic E-state index is -0.750. The van der Waals surface area contributed by atoms with Gasteiger partial charge in [0.25, 0.3) is 5.91 Å². The molecule has 0 spiro atoms. The van der Waals surface area contributed by atoms with Gasteiger partial charge in [-0.1, -0.05) is 36.4 Å². The van der Waals surface area contributed by atoms with Crippen molar-refractivity contribution in [2.45, 2.75) is 32.1 Å². The van der Waals surface area contributed by atoms with E-state index in [0.29, 0.717) is 29.8 Å². The molecule has 3 aromatic carbocycles. The summed E-state index contributed by atoms with van der Waals surface area (Å²) in [5.41, 5.74) is 2.61. The molecule has 2 aliphatic rings. The Labute approximate surface area is 226 Å². The Kier molecular flexibility index (Phi) is 7.36. The molecule has 1 aliphatic heterocycles. The summed E-state index contributed by atoms with van der Waals surface area (Å²) < 4.78 is 5.16. The van der Waals surface area contributed by atoms with Gasteiger partial charge in [0.05, 0.1) is 23.1 Å². The number of amides is 3. The number of hydrogen-bond donors (Lipinski definition) is 1. The van der Waals surface area contributed by atoms with Crippen LogP contribution in [0.3, 0.4) is 0 Å². The minimum absolute atomic E-state index is 0.0866. The number of carbonyl (C=O) groups is 5. The van der Waals surface area contributed by atoms with E-state index in [0.717, 1.165) is 6.42 Å². The summed E-state index contributed by atoms with van der Waals surface area (Å²) in [6.07, 6.45) is 2.09. The molecule has 39 heavy (non-hydrogen) atoms. The molecule has 3 amide bonds. The van der Waals surface area contributed by atoms with E-state index in [1.807, 2.05) is 18.2 Å². The van der Waals surface area contributed by atoms with Crippen molar-refractivity contribution in [3.05, 3.63) is 95.6 Å². The highest BCUT2D eigenvalue weighted by atomic mass is 16.5. The first-order valence-corrected chi connectivity index (χ1v) is 12.9. The van der Waals surface area contributed by atoms with Crippen LogP contribution in [0.4, 0.5) is 11.4 Å². The third-order valence-corrected chi connectivity index (χ3v) is 7.45. The maximum absolute atomic E-state index is 13.4. The van der Waals surface area contributed by atoms with Gasteiger partial charge < -0.3 is 10.1 Å². The van der Waals surface area contributed by atoms with Crippen molar-refractivity contribution in [3.63, 3.8) is 0 Å². The Morgan fingerprint density at radius 3 is 2.28 bits per heavy atom. The third kappa shape index (κ3) is 5.50. The highest BCUT2D eigenvalue weighted by molar-refractivity contribution is 6.22. The lowest BCUT2D eigenvalue weighted by atomic mass is 9.73. The second-order valence-corrected chi connectivity index (χ2v) is 9.95. The van der Waals surface area contributed by atoms with Crippen LogP contribution < -0.4 is 10.2 Å². The van der Waals surface area contributed by atoms with Gasteiger partial charge in [0.2, 0.25) is 11.8 Å². The average molecular weight is 525 g/mol. The number of carbonyl (C=O) groups excluding carboxylic acids is 5. The number of ketones is 1. The first-order valence-electron chi connectivity index (χ1n) is 12.9. The number of ether oxygens (including phenoxy) is 1. The summed E-state index contributed by atoms with van der Waals surface area (Å²) in [5, 5.41) is 2.60. The standard InChI is InChI=1S/C31H28N2O6/c1-19(34)20-10-13-24(14-11-20)32-28(35)18-39-31(38)23-8-5-9-25(16-23)33-29(36)26-15-12-22(17-27(26)30(33)37)21-6-3-2-4-7-21/h2-11,13-14,16,22,26-27H,12,15,17-18H2,1H3,(H,32,35)/t22-,26+,27-/m0/s1. The van der Waals surface area contributed by atoms with E-state index in [-0.39, 0.29) is 40.9 Å². The molecule has 1 saturated carbocycles. The fourth-order valence-electron chi connectivity index (χ4n) is 5.43. The van der Waals surface area contributed by atoms with Crippen LogP contribution >= 0.6 is 0 Å². The Morgan fingerprint density at radius 2 is 1.56 bits per heavy atom. The van der Waals surface area contributed by atoms with Crippen molar-refractivity contribution in [2.24, 2.45) is 11.8 Å². The number of imide groups is 1. The molecule has 0 radical (unpaired) electrons. The molecule has 8 heteroatoms. The molecule has 5 rings (SSSR count). The second-order valence-electron chi connectivity index (χ2n) is 9.95. The zero-order valence-electron chi connectivity index (χ0n) is 21.5. The van der Waals surface area contributed by atoms with E-state index in [2.05, 4.69) is 17.4 Å². The summed E-state index contributed by atoms with van der Waals surface area (Å²) in [4.78, 5) is 64.1. The molecule has 0 aromatic heterocycles. The Balaban J connectivity index is 1.22. The van der Waals surface area contributed by atoms with Gasteiger partial charge >= 0.3 is 5.97 Å². The molecule has 1 N–H and O–H groups in total. The molecule has 3 aromatic rings. The summed E-state index contributed by atoms with van der Waals surface area (Å²) in [5.74, 6) is -2.39. The first-order chi connectivity index (χ1) is 18.8. The molecule has 3 atom stereocenters. The van der Waals surface area contributed by atoms with Gasteiger partial charge in [0.1, 0.15) is 0 Å². The second kappa shape index (κ2) is 11.0. The maximum atomic E-state index is 13.4. The zero-order valence-corrected chi connectivity index (χ0v) is 21.5. The maximum Gasteiger partial charge on any atom is 0.338 e. The summed E-state index contributed by atoms with van der Waals surface area (Å²) in [6.45, 7) is 0.927. The minimum Gasteiger partial charge on any atom is -0.452 e. The molecule has 0 bridgehead atoms. The highest BCUT2D eigenvalue weighted by Crippen LogP contribution is 2.45. The van der Waals surface area contributed by atoms with Gasteiger partial charge in [0, 0.05) is 11.3 Å². The number of nitrogens with zero attached hydrogens (tertiary/aromatic N) is 1. The monoisotopic (exact) mass is 524 g/mol. The SMILES string of the molecule is CC(=O)c1ccc(NC(=O)COC(=O)c2cccc(N3C(=O)[C@H]4C[C@@H](c5ccccc5)CC[C@H]4C3=O)c2)cc1. The van der Waals surface area contributed by atoms with Crippen molar-refractivity contribution >= 4 is 40.8 Å². The van der Waals surface area contributed by atoms with E-state index in [4.69, 9.17) is 4.74 Å². The average Bonchev–Trinajstić information content (AvgIpc) is 3.21. The quantitative estimate of drug-likeness (QED) is 0.271. The summed E-state index contributed by atoms with van der Waals surface area (Å²) in [7, 11) is 0. The van der Waals surface area contributed by atoms with Crippen molar-refractivity contribution in [1.82, 2.24) is 0 Å².